The first-order valence-electron chi connectivity index (χ1n) is 5.97. The number of phenolic OH excluding ortho intramolecular Hbond substituents is 4. The van der Waals surface area contributed by atoms with E-state index in [9.17, 15) is 19.8 Å². The minimum absolute atomic E-state index is 0. The van der Waals surface area contributed by atoms with Gasteiger partial charge < -0.3 is 40.9 Å². The van der Waals surface area contributed by atoms with Crippen LogP contribution in [0.15, 0.2) is 24.3 Å². The fraction of sp³-hybridized carbons (Fsp3) is 0. The van der Waals surface area contributed by atoms with Gasteiger partial charge in [0.15, 0.2) is 0 Å². The summed E-state index contributed by atoms with van der Waals surface area (Å²) >= 11 is 0. The molecule has 0 heterocycles. The molecule has 0 unspecified atom stereocenters. The maximum Gasteiger partial charge on any atom is 2.00 e. The summed E-state index contributed by atoms with van der Waals surface area (Å²) in [5.74, 6) is -7.67. The monoisotopic (exact) mass is 503 g/mol. The average Bonchev–Trinajstić information content (AvgIpc) is 2.49. The number of aromatic hydroxyl groups is 4. The molecule has 10 nitrogen and oxygen atoms in total. The summed E-state index contributed by atoms with van der Waals surface area (Å²) in [6.45, 7) is 0. The summed E-state index contributed by atoms with van der Waals surface area (Å²) in [5, 5.41) is 73.3. The Kier molecular flexibility index (Phi) is 11.3. The van der Waals surface area contributed by atoms with E-state index in [-0.39, 0.29) is 75.5 Å². The maximum absolute atomic E-state index is 10.7. The zero-order valence-electron chi connectivity index (χ0n) is 12.9. The van der Waals surface area contributed by atoms with E-state index < -0.39 is 46.4 Å². The molecule has 0 aromatic heterocycles. The quantitative estimate of drug-likeness (QED) is 0.286. The van der Waals surface area contributed by atoms with Gasteiger partial charge in [-0.05, 0) is 35.8 Å². The van der Waals surface area contributed by atoms with E-state index in [1.807, 2.05) is 0 Å². The van der Waals surface area contributed by atoms with E-state index in [1.165, 1.54) is 0 Å². The number of carbonyl (C=O) groups is 2. The van der Waals surface area contributed by atoms with Gasteiger partial charge in [-0.15, -0.1) is 0 Å². The predicted molar refractivity (Wildman–Crippen MR) is 78.1 cm³/mol. The second-order valence-electron chi connectivity index (χ2n) is 4.30. The fourth-order valence-corrected chi connectivity index (χ4v) is 1.44. The molecule has 0 bridgehead atoms. The molecule has 1 radical (unpaired) electrons. The first kappa shape index (κ1) is 26.5. The van der Waals surface area contributed by atoms with Crippen molar-refractivity contribution in [3.63, 3.8) is 0 Å². The third kappa shape index (κ3) is 6.90. The summed E-state index contributed by atoms with van der Waals surface area (Å²) in [5.41, 5.74) is -0.658. The van der Waals surface area contributed by atoms with Crippen molar-refractivity contribution in [1.82, 2.24) is 0 Å². The van der Waals surface area contributed by atoms with Gasteiger partial charge in [0, 0.05) is 41.3 Å². The van der Waals surface area contributed by atoms with Crippen LogP contribution >= 0.6 is 0 Å². The molecule has 6 N–H and O–H groups in total. The Bertz CT molecular complexity index is 695. The number of benzene rings is 2. The van der Waals surface area contributed by atoms with E-state index in [0.717, 1.165) is 24.3 Å². The molecule has 12 heteroatoms. The summed E-state index contributed by atoms with van der Waals surface area (Å²) in [6, 6.07) is 3.13. The molecule has 2 aromatic rings. The van der Waals surface area contributed by atoms with Gasteiger partial charge in [-0.25, -0.2) is 9.59 Å². The summed E-state index contributed by atoms with van der Waals surface area (Å²) in [7, 11) is 0. The van der Waals surface area contributed by atoms with Crippen LogP contribution in [0.1, 0.15) is 20.7 Å². The molecular weight excluding hydrogens is 493 g/mol. The molecule has 0 fully saturated rings. The van der Waals surface area contributed by atoms with Gasteiger partial charge in [0.25, 0.3) is 0 Å². The molecule has 0 saturated carbocycles. The molecule has 2 aromatic carbocycles. The third-order valence-electron chi connectivity index (χ3n) is 2.59. The van der Waals surface area contributed by atoms with Gasteiger partial charge in [0.1, 0.15) is 23.0 Å². The van der Waals surface area contributed by atoms with E-state index in [1.54, 1.807) is 0 Å². The van der Waals surface area contributed by atoms with Crippen molar-refractivity contribution in [2.24, 2.45) is 0 Å². The van der Waals surface area contributed by atoms with Crippen molar-refractivity contribution in [2.45, 2.75) is 0 Å². The summed E-state index contributed by atoms with van der Waals surface area (Å²) in [4.78, 5) is 20.6. The molecule has 2 rings (SSSR count). The third-order valence-corrected chi connectivity index (χ3v) is 2.59. The number of hydrogen-bond acceptors (Lipinski definition) is 8. The van der Waals surface area contributed by atoms with E-state index >= 15 is 0 Å². The van der Waals surface area contributed by atoms with Gasteiger partial charge in [-0.3, -0.25) is 0 Å². The van der Waals surface area contributed by atoms with Crippen molar-refractivity contribution in [2.75, 3.05) is 0 Å². The Labute approximate surface area is 195 Å². The van der Waals surface area contributed by atoms with Crippen LogP contribution in [0, 0.1) is 41.3 Å². The fourth-order valence-electron chi connectivity index (χ4n) is 1.44. The van der Waals surface area contributed by atoms with Crippen LogP contribution in [0.25, 0.3) is 0 Å². The number of rotatable bonds is 2. The van der Waals surface area contributed by atoms with Crippen LogP contribution in [-0.2, 0) is 0 Å². The topological polar surface area (TPSA) is 202 Å². The van der Waals surface area contributed by atoms with Crippen LogP contribution in [0.3, 0.4) is 0 Å². The standard InChI is InChI=1S/2C7H6O5.Mg.Pr/c2*8-4-1-3(7(11)12)2-5(9)6(4)10;;/h2*1-2,8-10H,(H,11,12);;/q;;+2;/p-2. The first-order chi connectivity index (χ1) is 11.0. The average molecular weight is 503 g/mol. The normalized spacial score (nSPS) is 8.92. The van der Waals surface area contributed by atoms with Crippen molar-refractivity contribution in [3.05, 3.63) is 35.4 Å². The van der Waals surface area contributed by atoms with Crippen molar-refractivity contribution < 1.29 is 91.7 Å². The number of phenols is 4. The van der Waals surface area contributed by atoms with Crippen LogP contribution in [0.5, 0.6) is 34.5 Å². The zero-order chi connectivity index (χ0) is 18.6. The van der Waals surface area contributed by atoms with Crippen LogP contribution in [0.4, 0.5) is 0 Å². The summed E-state index contributed by atoms with van der Waals surface area (Å²) < 4.78 is 0. The Hall–Kier alpha value is -1.69. The van der Waals surface area contributed by atoms with Crippen LogP contribution in [0.2, 0.25) is 0 Å². The maximum atomic E-state index is 10.7. The van der Waals surface area contributed by atoms with Gasteiger partial charge >= 0.3 is 35.0 Å². The molecule has 131 valence electrons. The second-order valence-corrected chi connectivity index (χ2v) is 4.30. The van der Waals surface area contributed by atoms with E-state index in [2.05, 4.69) is 0 Å². The van der Waals surface area contributed by atoms with Gasteiger partial charge in [-0.2, -0.15) is 0 Å². The van der Waals surface area contributed by atoms with Gasteiger partial charge in [-0.1, -0.05) is 0 Å². The molecule has 0 aliphatic rings. The molecule has 0 atom stereocenters. The van der Waals surface area contributed by atoms with Crippen LogP contribution in [-0.4, -0.2) is 65.6 Å². The zero-order valence-corrected chi connectivity index (χ0v) is 18.0. The molecule has 0 saturated heterocycles. The first-order valence-corrected chi connectivity index (χ1v) is 5.97. The number of hydrogen-bond donors (Lipinski definition) is 6. The molecule has 0 aliphatic heterocycles. The van der Waals surface area contributed by atoms with E-state index in [4.69, 9.17) is 30.6 Å². The Balaban J connectivity index is 0. The minimum Gasteiger partial charge on any atom is -0.867 e. The Morgan fingerprint density at radius 2 is 0.846 bits per heavy atom. The number of carboxylic acids is 2. The largest absolute Gasteiger partial charge is 2.00 e. The Morgan fingerprint density at radius 1 is 0.654 bits per heavy atom. The van der Waals surface area contributed by atoms with Crippen molar-refractivity contribution in [3.8, 4) is 34.5 Å². The molecule has 26 heavy (non-hydrogen) atoms. The molecule has 0 spiro atoms. The number of aromatic carboxylic acids is 2. The minimum atomic E-state index is -1.32. The molecular formula is C14H10MgO10Pr. The summed E-state index contributed by atoms with van der Waals surface area (Å²) in [6.07, 6.45) is 0. The van der Waals surface area contributed by atoms with Crippen molar-refractivity contribution in [1.29, 1.82) is 0 Å². The smallest absolute Gasteiger partial charge is 0.867 e. The molecule has 0 aliphatic carbocycles. The SMILES string of the molecule is O=C(O)c1cc(O)c([O-])c(O)c1.O=C(O)c1cc(O)c([O-])c(O)c1.[Mg+2].[Pr]. The van der Waals surface area contributed by atoms with E-state index in [0.29, 0.717) is 0 Å². The predicted octanol–water partition coefficient (Wildman–Crippen LogP) is -0.642. The Morgan fingerprint density at radius 3 is 1.00 bits per heavy atom. The van der Waals surface area contributed by atoms with Gasteiger partial charge in [0.2, 0.25) is 0 Å². The molecule has 0 amide bonds. The van der Waals surface area contributed by atoms with Gasteiger partial charge in [0.05, 0.1) is 11.1 Å². The second kappa shape index (κ2) is 11.1. The number of carboxylic acid groups (broad SMARTS) is 2. The van der Waals surface area contributed by atoms with Crippen molar-refractivity contribution >= 4 is 35.0 Å². The van der Waals surface area contributed by atoms with Crippen LogP contribution < -0.4 is 10.2 Å².